The fraction of sp³-hybridized carbons (Fsp3) is 0.229. The summed E-state index contributed by atoms with van der Waals surface area (Å²) < 4.78 is 19.8. The summed E-state index contributed by atoms with van der Waals surface area (Å²) in [5, 5.41) is 0. The average molecular weight is 533 g/mol. The Labute approximate surface area is 237 Å². The van der Waals surface area contributed by atoms with Crippen LogP contribution in [0.2, 0.25) is 0 Å². The maximum Gasteiger partial charge on any atom is 0.161 e. The molecule has 5 nitrogen and oxygen atoms in total. The van der Waals surface area contributed by atoms with Gasteiger partial charge in [0.25, 0.3) is 0 Å². The maximum atomic E-state index is 5.98. The van der Waals surface area contributed by atoms with Gasteiger partial charge >= 0.3 is 0 Å². The van der Waals surface area contributed by atoms with Gasteiger partial charge in [-0.05, 0) is 42.5 Å². The lowest BCUT2D eigenvalue weighted by molar-refractivity contribution is 0.116. The van der Waals surface area contributed by atoms with Crippen molar-refractivity contribution in [1.82, 2.24) is 9.55 Å². The van der Waals surface area contributed by atoms with E-state index in [2.05, 4.69) is 59.2 Å². The number of hydrogen-bond donors (Lipinski definition) is 0. The van der Waals surface area contributed by atoms with Crippen LogP contribution in [0, 0.1) is 0 Å². The molecule has 0 spiro atoms. The molecule has 0 N–H and O–H groups in total. The van der Waals surface area contributed by atoms with Gasteiger partial charge < -0.3 is 18.8 Å². The second-order valence-corrected chi connectivity index (χ2v) is 9.74. The SMILES string of the molecule is COc1cc(COCCCCCn2cnc(-c3ccccc3)c2-c2ccccc2)ccc1OCc1ccccc1. The summed E-state index contributed by atoms with van der Waals surface area (Å²) in [6.07, 6.45) is 5.13. The third kappa shape index (κ3) is 7.19. The highest BCUT2D eigenvalue weighted by Crippen LogP contribution is 2.32. The number of rotatable bonds is 14. The highest BCUT2D eigenvalue weighted by Gasteiger charge is 2.14. The Morgan fingerprint density at radius 3 is 2.08 bits per heavy atom. The van der Waals surface area contributed by atoms with Gasteiger partial charge in [0.2, 0.25) is 0 Å². The largest absolute Gasteiger partial charge is 0.493 e. The average Bonchev–Trinajstić information content (AvgIpc) is 3.45. The van der Waals surface area contributed by atoms with Crippen LogP contribution in [-0.2, 0) is 24.5 Å². The smallest absolute Gasteiger partial charge is 0.161 e. The number of benzene rings is 4. The lowest BCUT2D eigenvalue weighted by Gasteiger charge is -2.13. The number of methoxy groups -OCH3 is 1. The van der Waals surface area contributed by atoms with E-state index < -0.39 is 0 Å². The van der Waals surface area contributed by atoms with Gasteiger partial charge in [-0.2, -0.15) is 0 Å². The van der Waals surface area contributed by atoms with Crippen molar-refractivity contribution >= 4 is 0 Å². The van der Waals surface area contributed by atoms with Crippen LogP contribution < -0.4 is 9.47 Å². The second kappa shape index (κ2) is 14.2. The number of imidazole rings is 1. The van der Waals surface area contributed by atoms with Crippen molar-refractivity contribution in [3.63, 3.8) is 0 Å². The summed E-state index contributed by atoms with van der Waals surface area (Å²) in [5.74, 6) is 1.46. The van der Waals surface area contributed by atoms with Crippen molar-refractivity contribution in [1.29, 1.82) is 0 Å². The molecule has 0 aliphatic carbocycles. The third-order valence-corrected chi connectivity index (χ3v) is 6.85. The molecule has 0 fully saturated rings. The first kappa shape index (κ1) is 27.2. The van der Waals surface area contributed by atoms with Crippen LogP contribution in [0.4, 0.5) is 0 Å². The molecule has 0 saturated carbocycles. The molecule has 0 saturated heterocycles. The molecule has 1 heterocycles. The van der Waals surface area contributed by atoms with Crippen LogP contribution in [-0.4, -0.2) is 23.3 Å². The highest BCUT2D eigenvalue weighted by molar-refractivity contribution is 5.78. The van der Waals surface area contributed by atoms with E-state index >= 15 is 0 Å². The van der Waals surface area contributed by atoms with Crippen molar-refractivity contribution in [2.45, 2.75) is 39.0 Å². The Morgan fingerprint density at radius 1 is 0.650 bits per heavy atom. The van der Waals surface area contributed by atoms with E-state index in [1.165, 1.54) is 11.3 Å². The van der Waals surface area contributed by atoms with Gasteiger partial charge in [-0.15, -0.1) is 0 Å². The van der Waals surface area contributed by atoms with Gasteiger partial charge in [0, 0.05) is 24.3 Å². The van der Waals surface area contributed by atoms with Crippen LogP contribution in [0.1, 0.15) is 30.4 Å². The first-order valence-electron chi connectivity index (χ1n) is 13.9. The third-order valence-electron chi connectivity index (χ3n) is 6.85. The summed E-state index contributed by atoms with van der Waals surface area (Å²) in [7, 11) is 1.67. The van der Waals surface area contributed by atoms with Crippen molar-refractivity contribution < 1.29 is 14.2 Å². The quantitative estimate of drug-likeness (QED) is 0.135. The van der Waals surface area contributed by atoms with E-state index in [0.29, 0.717) is 13.2 Å². The molecule has 5 rings (SSSR count). The fourth-order valence-electron chi connectivity index (χ4n) is 4.77. The van der Waals surface area contributed by atoms with E-state index in [1.807, 2.05) is 60.9 Å². The minimum absolute atomic E-state index is 0.506. The van der Waals surface area contributed by atoms with Crippen LogP contribution >= 0.6 is 0 Å². The Balaban J connectivity index is 1.09. The zero-order valence-electron chi connectivity index (χ0n) is 23.0. The second-order valence-electron chi connectivity index (χ2n) is 9.74. The molecule has 0 aliphatic rings. The van der Waals surface area contributed by atoms with Gasteiger partial charge in [0.15, 0.2) is 11.5 Å². The first-order valence-corrected chi connectivity index (χ1v) is 13.9. The van der Waals surface area contributed by atoms with Crippen molar-refractivity contribution in [3.05, 3.63) is 127 Å². The molecule has 1 aromatic heterocycles. The summed E-state index contributed by atoms with van der Waals surface area (Å²) in [6.45, 7) is 2.70. The van der Waals surface area contributed by atoms with E-state index in [-0.39, 0.29) is 0 Å². The molecule has 0 amide bonds. The Morgan fingerprint density at radius 2 is 1.35 bits per heavy atom. The van der Waals surface area contributed by atoms with E-state index in [1.54, 1.807) is 7.11 Å². The summed E-state index contributed by atoms with van der Waals surface area (Å²) in [6, 6.07) is 37.1. The highest BCUT2D eigenvalue weighted by atomic mass is 16.5. The van der Waals surface area contributed by atoms with Gasteiger partial charge in [0.05, 0.1) is 31.4 Å². The molecule has 40 heavy (non-hydrogen) atoms. The van der Waals surface area contributed by atoms with Gasteiger partial charge in [0.1, 0.15) is 6.61 Å². The monoisotopic (exact) mass is 532 g/mol. The topological polar surface area (TPSA) is 45.5 Å². The predicted molar refractivity (Wildman–Crippen MR) is 160 cm³/mol. The standard InChI is InChI=1S/C35H36N2O3/c1-38-33-24-29(20-21-32(33)40-26-28-14-6-2-7-15-28)25-39-23-13-5-12-22-37-27-36-34(30-16-8-3-9-17-30)35(37)31-18-10-4-11-19-31/h2-4,6-11,14-21,24,27H,5,12-13,22-23,25-26H2,1H3. The van der Waals surface area contributed by atoms with Gasteiger partial charge in [-0.3, -0.25) is 0 Å². The summed E-state index contributed by atoms with van der Waals surface area (Å²) in [5.41, 5.74) is 6.73. The first-order chi connectivity index (χ1) is 19.8. The van der Waals surface area contributed by atoms with Gasteiger partial charge in [-0.25, -0.2) is 4.98 Å². The molecule has 204 valence electrons. The maximum absolute atomic E-state index is 5.98. The van der Waals surface area contributed by atoms with Crippen molar-refractivity contribution in [2.24, 2.45) is 0 Å². The van der Waals surface area contributed by atoms with Crippen LogP contribution in [0.15, 0.2) is 116 Å². The minimum atomic E-state index is 0.506. The summed E-state index contributed by atoms with van der Waals surface area (Å²) >= 11 is 0. The predicted octanol–water partition coefficient (Wildman–Crippen LogP) is 8.19. The zero-order chi connectivity index (χ0) is 27.4. The van der Waals surface area contributed by atoms with E-state index in [9.17, 15) is 0 Å². The van der Waals surface area contributed by atoms with Gasteiger partial charge in [-0.1, -0.05) is 97.1 Å². The molecule has 0 atom stereocenters. The summed E-state index contributed by atoms with van der Waals surface area (Å²) in [4.78, 5) is 4.79. The minimum Gasteiger partial charge on any atom is -0.493 e. The number of ether oxygens (including phenoxy) is 3. The Kier molecular flexibility index (Phi) is 9.63. The number of hydrogen-bond acceptors (Lipinski definition) is 4. The number of unbranched alkanes of at least 4 members (excludes halogenated alkanes) is 2. The molecule has 0 radical (unpaired) electrons. The van der Waals surface area contributed by atoms with Crippen LogP contribution in [0.3, 0.4) is 0 Å². The molecule has 0 bridgehead atoms. The molecular formula is C35H36N2O3. The van der Waals surface area contributed by atoms with Crippen LogP contribution in [0.25, 0.3) is 22.5 Å². The lowest BCUT2D eigenvalue weighted by Crippen LogP contribution is -2.02. The molecule has 4 aromatic carbocycles. The molecule has 0 unspecified atom stereocenters. The molecule has 5 aromatic rings. The Hall–Kier alpha value is -4.35. The number of nitrogens with zero attached hydrogens (tertiary/aromatic N) is 2. The normalized spacial score (nSPS) is 10.9. The van der Waals surface area contributed by atoms with E-state index in [4.69, 9.17) is 19.2 Å². The Bertz CT molecular complexity index is 1450. The van der Waals surface area contributed by atoms with Crippen molar-refractivity contribution in [3.8, 4) is 34.0 Å². The number of aryl methyl sites for hydroxylation is 1. The lowest BCUT2D eigenvalue weighted by atomic mass is 10.0. The van der Waals surface area contributed by atoms with Crippen LogP contribution in [0.5, 0.6) is 11.5 Å². The zero-order valence-corrected chi connectivity index (χ0v) is 23.0. The molecule has 0 aliphatic heterocycles. The molecular weight excluding hydrogens is 496 g/mol. The number of aromatic nitrogens is 2. The van der Waals surface area contributed by atoms with Crippen molar-refractivity contribution in [2.75, 3.05) is 13.7 Å². The van der Waals surface area contributed by atoms with E-state index in [0.717, 1.165) is 66.3 Å². The fourth-order valence-corrected chi connectivity index (χ4v) is 4.77. The molecule has 5 heteroatoms.